The molecule has 8 nitrogen and oxygen atoms in total. The maximum absolute atomic E-state index is 13.0. The predicted octanol–water partition coefficient (Wildman–Crippen LogP) is 3.56. The minimum atomic E-state index is -3.72. The van der Waals surface area contributed by atoms with Crippen LogP contribution in [-0.4, -0.2) is 51.4 Å². The first-order valence-corrected chi connectivity index (χ1v) is 12.0. The molecule has 0 saturated carbocycles. The van der Waals surface area contributed by atoms with Crippen molar-refractivity contribution in [1.29, 1.82) is 0 Å². The number of halogens is 1. The van der Waals surface area contributed by atoms with E-state index in [1.807, 2.05) is 6.92 Å². The van der Waals surface area contributed by atoms with Crippen LogP contribution in [0.5, 0.6) is 5.75 Å². The first kappa shape index (κ1) is 24.0. The summed E-state index contributed by atoms with van der Waals surface area (Å²) in [5.74, 6) is -0.518. The third-order valence-corrected chi connectivity index (χ3v) is 7.43. The number of hydrogen-bond donors (Lipinski definition) is 1. The van der Waals surface area contributed by atoms with E-state index in [2.05, 4.69) is 10.1 Å². The van der Waals surface area contributed by atoms with Crippen LogP contribution < -0.4 is 10.1 Å². The lowest BCUT2D eigenvalue weighted by atomic mass is 9.97. The maximum Gasteiger partial charge on any atom is 0.337 e. The van der Waals surface area contributed by atoms with Crippen molar-refractivity contribution in [2.45, 2.75) is 24.7 Å². The van der Waals surface area contributed by atoms with Crippen LogP contribution in [0.2, 0.25) is 5.02 Å². The van der Waals surface area contributed by atoms with Gasteiger partial charge in [0.1, 0.15) is 5.75 Å². The summed E-state index contributed by atoms with van der Waals surface area (Å²) in [7, 11) is -2.42. The van der Waals surface area contributed by atoms with Crippen molar-refractivity contribution in [2.24, 2.45) is 5.92 Å². The molecule has 0 spiro atoms. The van der Waals surface area contributed by atoms with E-state index < -0.39 is 16.0 Å². The number of piperidine rings is 1. The summed E-state index contributed by atoms with van der Waals surface area (Å²) in [5, 5.41) is 3.05. The van der Waals surface area contributed by atoms with Gasteiger partial charge in [-0.1, -0.05) is 11.6 Å². The Morgan fingerprint density at radius 1 is 1.12 bits per heavy atom. The molecule has 0 aromatic heterocycles. The second kappa shape index (κ2) is 10.3. The molecule has 1 heterocycles. The summed E-state index contributed by atoms with van der Waals surface area (Å²) in [6.07, 6.45) is 0.798. The number of hydrogen-bond acceptors (Lipinski definition) is 6. The van der Waals surface area contributed by atoms with Gasteiger partial charge in [0.2, 0.25) is 15.9 Å². The Morgan fingerprint density at radius 2 is 1.78 bits per heavy atom. The monoisotopic (exact) mass is 480 g/mol. The van der Waals surface area contributed by atoms with Gasteiger partial charge >= 0.3 is 5.97 Å². The Labute approximate surface area is 192 Å². The van der Waals surface area contributed by atoms with Crippen LogP contribution in [0.15, 0.2) is 47.4 Å². The van der Waals surface area contributed by atoms with Gasteiger partial charge in [0, 0.05) is 24.7 Å². The van der Waals surface area contributed by atoms with Crippen LogP contribution in [0.4, 0.5) is 5.69 Å². The number of rotatable bonds is 7. The van der Waals surface area contributed by atoms with E-state index in [1.54, 1.807) is 30.3 Å². The number of esters is 1. The zero-order valence-corrected chi connectivity index (χ0v) is 19.4. The molecule has 3 rings (SSSR count). The summed E-state index contributed by atoms with van der Waals surface area (Å²) in [4.78, 5) is 24.2. The van der Waals surface area contributed by atoms with Crippen LogP contribution in [0.3, 0.4) is 0 Å². The minimum absolute atomic E-state index is 0.0968. The highest BCUT2D eigenvalue weighted by atomic mass is 35.5. The minimum Gasteiger partial charge on any atom is -0.492 e. The largest absolute Gasteiger partial charge is 0.492 e. The van der Waals surface area contributed by atoms with Gasteiger partial charge in [-0.25, -0.2) is 13.2 Å². The van der Waals surface area contributed by atoms with Crippen LogP contribution in [0.25, 0.3) is 0 Å². The highest BCUT2D eigenvalue weighted by molar-refractivity contribution is 7.89. The zero-order chi connectivity index (χ0) is 23.3. The predicted molar refractivity (Wildman–Crippen MR) is 121 cm³/mol. The van der Waals surface area contributed by atoms with Crippen LogP contribution in [0.1, 0.15) is 30.1 Å². The smallest absolute Gasteiger partial charge is 0.337 e. The third-order valence-electron chi connectivity index (χ3n) is 5.24. The number of anilines is 1. The van der Waals surface area contributed by atoms with Crippen molar-refractivity contribution in [3.63, 3.8) is 0 Å². The molecule has 2 aromatic rings. The standard InChI is InChI=1S/C22H25ClN2O6S/c1-3-31-20-9-8-18(14-19(20)23)32(28,29)25-12-10-15(11-13-25)21(26)24-17-6-4-16(5-7-17)22(27)30-2/h4-9,14-15H,3,10-13H2,1-2H3,(H,24,26). The summed E-state index contributed by atoms with van der Waals surface area (Å²) in [5.41, 5.74) is 0.945. The number of benzene rings is 2. The molecule has 0 atom stereocenters. The number of amides is 1. The highest BCUT2D eigenvalue weighted by Crippen LogP contribution is 2.30. The van der Waals surface area contributed by atoms with Gasteiger partial charge < -0.3 is 14.8 Å². The van der Waals surface area contributed by atoms with E-state index in [-0.39, 0.29) is 34.8 Å². The van der Waals surface area contributed by atoms with Crippen molar-refractivity contribution >= 4 is 39.2 Å². The molecule has 0 radical (unpaired) electrons. The lowest BCUT2D eigenvalue weighted by Gasteiger charge is -2.30. The number of nitrogens with zero attached hydrogens (tertiary/aromatic N) is 1. The molecule has 0 unspecified atom stereocenters. The Kier molecular flexibility index (Phi) is 7.76. The topological polar surface area (TPSA) is 102 Å². The molecular weight excluding hydrogens is 456 g/mol. The Balaban J connectivity index is 1.59. The molecule has 1 amide bonds. The van der Waals surface area contributed by atoms with E-state index in [0.29, 0.717) is 36.4 Å². The number of carbonyl (C=O) groups excluding carboxylic acids is 2. The maximum atomic E-state index is 13.0. The molecule has 32 heavy (non-hydrogen) atoms. The fourth-order valence-corrected chi connectivity index (χ4v) is 5.27. The highest BCUT2D eigenvalue weighted by Gasteiger charge is 2.32. The van der Waals surface area contributed by atoms with Gasteiger partial charge in [-0.05, 0) is 62.2 Å². The molecule has 0 bridgehead atoms. The van der Waals surface area contributed by atoms with E-state index in [1.165, 1.54) is 23.5 Å². The van der Waals surface area contributed by atoms with Crippen molar-refractivity contribution in [3.8, 4) is 5.75 Å². The lowest BCUT2D eigenvalue weighted by Crippen LogP contribution is -2.41. The quantitative estimate of drug-likeness (QED) is 0.608. The molecule has 1 saturated heterocycles. The third kappa shape index (κ3) is 5.40. The molecule has 1 N–H and O–H groups in total. The van der Waals surface area contributed by atoms with Gasteiger partial charge in [0.25, 0.3) is 0 Å². The molecule has 2 aromatic carbocycles. The average molecular weight is 481 g/mol. The van der Waals surface area contributed by atoms with Crippen molar-refractivity contribution < 1.29 is 27.5 Å². The van der Waals surface area contributed by atoms with Crippen molar-refractivity contribution in [3.05, 3.63) is 53.1 Å². The van der Waals surface area contributed by atoms with Gasteiger partial charge in [-0.15, -0.1) is 0 Å². The Bertz CT molecular complexity index is 1080. The zero-order valence-electron chi connectivity index (χ0n) is 17.8. The number of ether oxygens (including phenoxy) is 2. The first-order valence-electron chi connectivity index (χ1n) is 10.2. The number of nitrogens with one attached hydrogen (secondary N) is 1. The van der Waals surface area contributed by atoms with E-state index in [9.17, 15) is 18.0 Å². The van der Waals surface area contributed by atoms with Gasteiger partial charge in [0.15, 0.2) is 0 Å². The lowest BCUT2D eigenvalue weighted by molar-refractivity contribution is -0.120. The van der Waals surface area contributed by atoms with Crippen molar-refractivity contribution in [1.82, 2.24) is 4.31 Å². The van der Waals surface area contributed by atoms with E-state index in [4.69, 9.17) is 16.3 Å². The number of carbonyl (C=O) groups is 2. The van der Waals surface area contributed by atoms with Crippen LogP contribution >= 0.6 is 11.6 Å². The summed E-state index contributed by atoms with van der Waals surface area (Å²) < 4.78 is 37.3. The Morgan fingerprint density at radius 3 is 2.34 bits per heavy atom. The fourth-order valence-electron chi connectivity index (χ4n) is 3.47. The Hall–Kier alpha value is -2.62. The second-order valence-corrected chi connectivity index (χ2v) is 9.61. The molecule has 1 aliphatic heterocycles. The van der Waals surface area contributed by atoms with E-state index in [0.717, 1.165) is 0 Å². The van der Waals surface area contributed by atoms with Gasteiger partial charge in [-0.2, -0.15) is 4.31 Å². The van der Waals surface area contributed by atoms with Gasteiger partial charge in [-0.3, -0.25) is 4.79 Å². The average Bonchev–Trinajstić information content (AvgIpc) is 2.80. The summed E-state index contributed by atoms with van der Waals surface area (Å²) in [6, 6.07) is 10.8. The first-order chi connectivity index (χ1) is 15.3. The molecular formula is C22H25ClN2O6S. The molecule has 1 aliphatic rings. The summed E-state index contributed by atoms with van der Waals surface area (Å²) in [6.45, 7) is 2.70. The molecule has 1 fully saturated rings. The van der Waals surface area contributed by atoms with Gasteiger partial charge in [0.05, 0.1) is 29.2 Å². The van der Waals surface area contributed by atoms with E-state index >= 15 is 0 Å². The van der Waals surface area contributed by atoms with Crippen LogP contribution in [-0.2, 0) is 19.6 Å². The second-order valence-electron chi connectivity index (χ2n) is 7.26. The molecule has 0 aliphatic carbocycles. The summed E-state index contributed by atoms with van der Waals surface area (Å²) >= 11 is 6.14. The number of sulfonamides is 1. The number of methoxy groups -OCH3 is 1. The normalized spacial score (nSPS) is 15.2. The SMILES string of the molecule is CCOc1ccc(S(=O)(=O)N2CCC(C(=O)Nc3ccc(C(=O)OC)cc3)CC2)cc1Cl. The molecule has 10 heteroatoms. The fraction of sp³-hybridized carbons (Fsp3) is 0.364. The molecule has 172 valence electrons. The van der Waals surface area contributed by atoms with Crippen LogP contribution in [0, 0.1) is 5.92 Å². The van der Waals surface area contributed by atoms with Crippen molar-refractivity contribution in [2.75, 3.05) is 32.1 Å².